The molecule has 4 heterocycles. The monoisotopic (exact) mass is 408 g/mol. The molecule has 2 saturated heterocycles. The molecule has 9 heteroatoms. The number of ether oxygens (including phenoxy) is 1. The van der Waals surface area contributed by atoms with Crippen LogP contribution in [0, 0.1) is 5.92 Å². The molecule has 2 aromatic rings. The van der Waals surface area contributed by atoms with Crippen molar-refractivity contribution in [3.63, 3.8) is 0 Å². The standard InChI is InChI=1S/C18H21ClN4O3S/c19-15-2-1-14(27-15)18(25)22-8-4-13(5-9-22)23-16(3-7-20-23)21-17(24)12-6-10-26-11-12/h1-3,7,12-13H,4-6,8-11H2,(H,21,24)/t12-/m0/s1. The van der Waals surface area contributed by atoms with E-state index in [1.807, 2.05) is 15.6 Å². The molecule has 0 spiro atoms. The fraction of sp³-hybridized carbons (Fsp3) is 0.500. The Kier molecular flexibility index (Phi) is 5.47. The number of carbonyl (C=O) groups is 2. The van der Waals surface area contributed by atoms with E-state index in [1.165, 1.54) is 11.3 Å². The lowest BCUT2D eigenvalue weighted by Crippen LogP contribution is -2.39. The van der Waals surface area contributed by atoms with Crippen LogP contribution in [0.15, 0.2) is 24.4 Å². The lowest BCUT2D eigenvalue weighted by molar-refractivity contribution is -0.119. The molecule has 4 rings (SSSR count). The van der Waals surface area contributed by atoms with E-state index < -0.39 is 0 Å². The molecular formula is C18H21ClN4O3S. The fourth-order valence-electron chi connectivity index (χ4n) is 3.57. The van der Waals surface area contributed by atoms with Crippen molar-refractivity contribution < 1.29 is 14.3 Å². The number of piperidine rings is 1. The van der Waals surface area contributed by atoms with Crippen molar-refractivity contribution >= 4 is 40.6 Å². The van der Waals surface area contributed by atoms with Gasteiger partial charge in [0.25, 0.3) is 5.91 Å². The van der Waals surface area contributed by atoms with Crippen molar-refractivity contribution in [2.24, 2.45) is 5.92 Å². The quantitative estimate of drug-likeness (QED) is 0.843. The molecule has 1 atom stereocenters. The Labute approximate surface area is 166 Å². The normalized spacial score (nSPS) is 20.8. The summed E-state index contributed by atoms with van der Waals surface area (Å²) in [6.45, 7) is 2.43. The highest BCUT2D eigenvalue weighted by molar-refractivity contribution is 7.17. The Morgan fingerprint density at radius 3 is 2.70 bits per heavy atom. The maximum absolute atomic E-state index is 12.6. The van der Waals surface area contributed by atoms with Crippen molar-refractivity contribution in [1.82, 2.24) is 14.7 Å². The molecule has 0 radical (unpaired) electrons. The topological polar surface area (TPSA) is 76.5 Å². The van der Waals surface area contributed by atoms with Crippen LogP contribution in [0.4, 0.5) is 5.82 Å². The van der Waals surface area contributed by atoms with Crippen LogP contribution in [0.1, 0.15) is 35.0 Å². The van der Waals surface area contributed by atoms with Crippen LogP contribution in [0.5, 0.6) is 0 Å². The minimum Gasteiger partial charge on any atom is -0.381 e. The van der Waals surface area contributed by atoms with Gasteiger partial charge in [0.2, 0.25) is 5.91 Å². The summed E-state index contributed by atoms with van der Waals surface area (Å²) in [4.78, 5) is 27.4. The highest BCUT2D eigenvalue weighted by Crippen LogP contribution is 2.29. The predicted octanol–water partition coefficient (Wildman–Crippen LogP) is 3.05. The molecule has 1 N–H and O–H groups in total. The summed E-state index contributed by atoms with van der Waals surface area (Å²) < 4.78 is 7.78. The molecule has 0 aromatic carbocycles. The Morgan fingerprint density at radius 2 is 2.04 bits per heavy atom. The summed E-state index contributed by atoms with van der Waals surface area (Å²) in [5.74, 6) is 0.629. The van der Waals surface area contributed by atoms with Crippen LogP contribution in [-0.4, -0.2) is 52.8 Å². The number of amides is 2. The first kappa shape index (κ1) is 18.5. The molecule has 2 aliphatic heterocycles. The van der Waals surface area contributed by atoms with Gasteiger partial charge in [0.05, 0.1) is 34.0 Å². The van der Waals surface area contributed by atoms with E-state index in [1.54, 1.807) is 18.3 Å². The van der Waals surface area contributed by atoms with Crippen LogP contribution in [-0.2, 0) is 9.53 Å². The molecule has 0 unspecified atom stereocenters. The molecular weight excluding hydrogens is 388 g/mol. The van der Waals surface area contributed by atoms with Gasteiger partial charge in [0, 0.05) is 25.8 Å². The highest BCUT2D eigenvalue weighted by atomic mass is 35.5. The average Bonchev–Trinajstić information content (AvgIpc) is 3.43. The zero-order valence-electron chi connectivity index (χ0n) is 14.8. The Hall–Kier alpha value is -1.90. The third-order valence-electron chi connectivity index (χ3n) is 5.10. The zero-order chi connectivity index (χ0) is 18.8. The number of anilines is 1. The summed E-state index contributed by atoms with van der Waals surface area (Å²) in [5.41, 5.74) is 0. The van der Waals surface area contributed by atoms with Gasteiger partial charge in [-0.15, -0.1) is 11.3 Å². The SMILES string of the molecule is O=C(Nc1ccnn1C1CCN(C(=O)c2ccc(Cl)s2)CC1)[C@H]1CCOC1. The molecule has 2 aromatic heterocycles. The zero-order valence-corrected chi connectivity index (χ0v) is 16.3. The highest BCUT2D eigenvalue weighted by Gasteiger charge is 2.28. The van der Waals surface area contributed by atoms with Crippen LogP contribution in [0.25, 0.3) is 0 Å². The van der Waals surface area contributed by atoms with Crippen molar-refractivity contribution in [2.75, 3.05) is 31.6 Å². The van der Waals surface area contributed by atoms with Crippen LogP contribution < -0.4 is 5.32 Å². The molecule has 2 aliphatic rings. The largest absolute Gasteiger partial charge is 0.381 e. The van der Waals surface area contributed by atoms with Crippen LogP contribution in [0.2, 0.25) is 4.34 Å². The van der Waals surface area contributed by atoms with Crippen LogP contribution >= 0.6 is 22.9 Å². The lowest BCUT2D eigenvalue weighted by Gasteiger charge is -2.32. The first-order chi connectivity index (χ1) is 13.1. The number of thiophene rings is 1. The summed E-state index contributed by atoms with van der Waals surface area (Å²) in [6, 6.07) is 5.50. The second-order valence-corrected chi connectivity index (χ2v) is 8.55. The lowest BCUT2D eigenvalue weighted by atomic mass is 10.0. The van der Waals surface area contributed by atoms with E-state index in [-0.39, 0.29) is 23.8 Å². The molecule has 2 amide bonds. The van der Waals surface area contributed by atoms with Gasteiger partial charge in [0.1, 0.15) is 5.82 Å². The van der Waals surface area contributed by atoms with Gasteiger partial charge in [-0.2, -0.15) is 5.10 Å². The van der Waals surface area contributed by atoms with E-state index in [2.05, 4.69) is 10.4 Å². The van der Waals surface area contributed by atoms with Gasteiger partial charge in [-0.1, -0.05) is 11.6 Å². The van der Waals surface area contributed by atoms with Gasteiger partial charge in [-0.3, -0.25) is 9.59 Å². The van der Waals surface area contributed by atoms with Crippen molar-refractivity contribution in [2.45, 2.75) is 25.3 Å². The number of likely N-dealkylation sites (tertiary alicyclic amines) is 1. The maximum Gasteiger partial charge on any atom is 0.263 e. The third kappa shape index (κ3) is 4.02. The number of rotatable bonds is 4. The Morgan fingerprint density at radius 1 is 1.22 bits per heavy atom. The molecule has 0 saturated carbocycles. The van der Waals surface area contributed by atoms with E-state index in [0.717, 1.165) is 19.3 Å². The average molecular weight is 409 g/mol. The summed E-state index contributed by atoms with van der Waals surface area (Å²) in [7, 11) is 0. The van der Waals surface area contributed by atoms with E-state index in [0.29, 0.717) is 41.3 Å². The summed E-state index contributed by atoms with van der Waals surface area (Å²) >= 11 is 7.24. The first-order valence-corrected chi connectivity index (χ1v) is 10.3. The molecule has 7 nitrogen and oxygen atoms in total. The van der Waals surface area contributed by atoms with E-state index in [4.69, 9.17) is 16.3 Å². The number of hydrogen-bond donors (Lipinski definition) is 1. The van der Waals surface area contributed by atoms with Gasteiger partial charge in [0.15, 0.2) is 0 Å². The molecule has 0 aliphatic carbocycles. The molecule has 144 valence electrons. The molecule has 2 fully saturated rings. The van der Waals surface area contributed by atoms with Gasteiger partial charge in [-0.25, -0.2) is 4.68 Å². The van der Waals surface area contributed by atoms with Crippen molar-refractivity contribution in [3.05, 3.63) is 33.6 Å². The van der Waals surface area contributed by atoms with Gasteiger partial charge in [-0.05, 0) is 31.4 Å². The second kappa shape index (κ2) is 8.00. The van der Waals surface area contributed by atoms with Crippen molar-refractivity contribution in [3.8, 4) is 0 Å². The van der Waals surface area contributed by atoms with E-state index >= 15 is 0 Å². The fourth-order valence-corrected chi connectivity index (χ4v) is 4.58. The Balaban J connectivity index is 1.36. The smallest absolute Gasteiger partial charge is 0.263 e. The number of nitrogens with one attached hydrogen (secondary N) is 1. The number of aromatic nitrogens is 2. The Bertz CT molecular complexity index is 822. The molecule has 27 heavy (non-hydrogen) atoms. The first-order valence-electron chi connectivity index (χ1n) is 9.08. The minimum absolute atomic E-state index is 0.0172. The number of nitrogens with zero attached hydrogens (tertiary/aromatic N) is 3. The number of halogens is 1. The summed E-state index contributed by atoms with van der Waals surface area (Å²) in [5, 5.41) is 7.38. The predicted molar refractivity (Wildman–Crippen MR) is 103 cm³/mol. The van der Waals surface area contributed by atoms with Gasteiger partial charge >= 0.3 is 0 Å². The third-order valence-corrected chi connectivity index (χ3v) is 6.32. The number of carbonyl (C=O) groups excluding carboxylic acids is 2. The van der Waals surface area contributed by atoms with Crippen molar-refractivity contribution in [1.29, 1.82) is 0 Å². The second-order valence-electron chi connectivity index (χ2n) is 6.84. The van der Waals surface area contributed by atoms with Gasteiger partial charge < -0.3 is 15.0 Å². The maximum atomic E-state index is 12.6. The number of hydrogen-bond acceptors (Lipinski definition) is 5. The minimum atomic E-state index is -0.0922. The van der Waals surface area contributed by atoms with Crippen LogP contribution in [0.3, 0.4) is 0 Å². The summed E-state index contributed by atoms with van der Waals surface area (Å²) in [6.07, 6.45) is 4.04. The molecule has 0 bridgehead atoms. The van der Waals surface area contributed by atoms with E-state index in [9.17, 15) is 9.59 Å².